The minimum absolute atomic E-state index is 0.163. The average molecular weight is 328 g/mol. The van der Waals surface area contributed by atoms with Gasteiger partial charge in [0.2, 0.25) is 10.0 Å². The molecule has 0 heterocycles. The lowest BCUT2D eigenvalue weighted by molar-refractivity contribution is 0.0717. The van der Waals surface area contributed by atoms with E-state index in [-0.39, 0.29) is 12.3 Å². The largest absolute Gasteiger partial charge is 0.502 e. The highest BCUT2D eigenvalue weighted by Gasteiger charge is 2.40. The van der Waals surface area contributed by atoms with Gasteiger partial charge in [0.1, 0.15) is 0 Å². The first-order valence-corrected chi connectivity index (χ1v) is 10.9. The molecule has 0 aliphatic rings. The van der Waals surface area contributed by atoms with Crippen LogP contribution in [0, 0.1) is 0 Å². The minimum Gasteiger partial charge on any atom is -0.374 e. The van der Waals surface area contributed by atoms with Crippen LogP contribution >= 0.6 is 0 Å². The topological polar surface area (TPSA) is 73.9 Å². The molecule has 0 bridgehead atoms. The molecular weight excluding hydrogens is 298 g/mol. The van der Waals surface area contributed by atoms with Gasteiger partial charge >= 0.3 is 8.80 Å². The summed E-state index contributed by atoms with van der Waals surface area (Å²) in [6.45, 7) is 9.38. The fraction of sp³-hybridized carbons (Fsp3) is 1.00. The van der Waals surface area contributed by atoms with E-state index in [9.17, 15) is 8.42 Å². The summed E-state index contributed by atoms with van der Waals surface area (Å²) in [5.74, 6) is 0.163. The van der Waals surface area contributed by atoms with E-state index in [0.29, 0.717) is 32.3 Å². The van der Waals surface area contributed by atoms with Gasteiger partial charge in [-0.1, -0.05) is 13.3 Å². The monoisotopic (exact) mass is 327 g/mol. The fourth-order valence-electron chi connectivity index (χ4n) is 1.77. The summed E-state index contributed by atoms with van der Waals surface area (Å²) >= 11 is 0. The Balaban J connectivity index is 4.44. The molecule has 0 aromatic rings. The molecule has 0 aliphatic heterocycles. The third kappa shape index (κ3) is 8.33. The predicted molar refractivity (Wildman–Crippen MR) is 82.1 cm³/mol. The molecule has 0 radical (unpaired) electrons. The van der Waals surface area contributed by atoms with Crippen molar-refractivity contribution in [3.63, 3.8) is 0 Å². The van der Waals surface area contributed by atoms with Crippen LogP contribution in [0.15, 0.2) is 0 Å². The molecule has 0 fully saturated rings. The van der Waals surface area contributed by atoms with Gasteiger partial charge in [-0.05, 0) is 27.2 Å². The van der Waals surface area contributed by atoms with E-state index in [2.05, 4.69) is 4.72 Å². The molecule has 1 N–H and O–H groups in total. The highest BCUT2D eigenvalue weighted by Crippen LogP contribution is 2.15. The Morgan fingerprint density at radius 1 is 0.950 bits per heavy atom. The number of hydrogen-bond donors (Lipinski definition) is 1. The van der Waals surface area contributed by atoms with Gasteiger partial charge in [-0.2, -0.15) is 0 Å². The van der Waals surface area contributed by atoms with E-state index >= 15 is 0 Å². The van der Waals surface area contributed by atoms with Gasteiger partial charge in [-0.25, -0.2) is 13.1 Å². The van der Waals surface area contributed by atoms with Crippen molar-refractivity contribution in [1.29, 1.82) is 0 Å². The highest BCUT2D eigenvalue weighted by molar-refractivity contribution is 7.89. The zero-order valence-corrected chi connectivity index (χ0v) is 14.9. The van der Waals surface area contributed by atoms with Crippen LogP contribution in [0.4, 0.5) is 0 Å². The number of unbranched alkanes of at least 4 members (excludes halogenated alkanes) is 1. The maximum absolute atomic E-state index is 11.7. The Bertz CT molecular complexity index is 320. The first kappa shape index (κ1) is 20.0. The van der Waals surface area contributed by atoms with Gasteiger partial charge < -0.3 is 13.3 Å². The van der Waals surface area contributed by atoms with Gasteiger partial charge in [0.25, 0.3) is 0 Å². The lowest BCUT2D eigenvalue weighted by Crippen LogP contribution is -2.48. The van der Waals surface area contributed by atoms with E-state index < -0.39 is 18.8 Å². The number of nitrogens with one attached hydrogen (secondary N) is 1. The molecule has 0 amide bonds. The van der Waals surface area contributed by atoms with Crippen LogP contribution in [0.5, 0.6) is 0 Å². The Kier molecular flexibility index (Phi) is 10.7. The lowest BCUT2D eigenvalue weighted by atomic mass is 10.4. The summed E-state index contributed by atoms with van der Waals surface area (Å²) in [4.78, 5) is 0. The molecule has 122 valence electrons. The molecule has 0 rings (SSSR count). The second kappa shape index (κ2) is 10.7. The molecule has 0 aromatic carbocycles. The summed E-state index contributed by atoms with van der Waals surface area (Å²) < 4.78 is 43.1. The molecule has 20 heavy (non-hydrogen) atoms. The van der Waals surface area contributed by atoms with Gasteiger partial charge in [0.15, 0.2) is 0 Å². The maximum Gasteiger partial charge on any atom is 0.502 e. The number of hydrogen-bond acceptors (Lipinski definition) is 5. The second-order valence-corrected chi connectivity index (χ2v) is 8.96. The van der Waals surface area contributed by atoms with Crippen molar-refractivity contribution < 1.29 is 21.7 Å². The molecular formula is C12H29NO5SSi. The summed E-state index contributed by atoms with van der Waals surface area (Å²) in [6.07, 6.45) is 1.52. The van der Waals surface area contributed by atoms with Crippen LogP contribution < -0.4 is 4.72 Å². The SMILES string of the molecule is CCCCS(=O)(=O)NCC[Si](OCC)(OCC)OCC. The van der Waals surface area contributed by atoms with E-state index in [1.54, 1.807) is 0 Å². The molecule has 8 heteroatoms. The summed E-state index contributed by atoms with van der Waals surface area (Å²) in [5.41, 5.74) is 0. The number of rotatable bonds is 13. The lowest BCUT2D eigenvalue weighted by Gasteiger charge is -2.28. The fourth-order valence-corrected chi connectivity index (χ4v) is 5.61. The van der Waals surface area contributed by atoms with Crippen LogP contribution in [0.2, 0.25) is 6.04 Å². The van der Waals surface area contributed by atoms with Crippen molar-refractivity contribution in [3.05, 3.63) is 0 Å². The van der Waals surface area contributed by atoms with Gasteiger partial charge in [-0.3, -0.25) is 0 Å². The number of sulfonamides is 1. The molecule has 0 aromatic heterocycles. The normalized spacial score (nSPS) is 12.8. The van der Waals surface area contributed by atoms with Crippen molar-refractivity contribution in [2.45, 2.75) is 46.6 Å². The van der Waals surface area contributed by atoms with Crippen LogP contribution in [0.1, 0.15) is 40.5 Å². The highest BCUT2D eigenvalue weighted by atomic mass is 32.2. The predicted octanol–water partition coefficient (Wildman–Crippen LogP) is 1.75. The van der Waals surface area contributed by atoms with Crippen molar-refractivity contribution in [1.82, 2.24) is 4.72 Å². The van der Waals surface area contributed by atoms with Crippen molar-refractivity contribution in [2.75, 3.05) is 32.1 Å². The second-order valence-electron chi connectivity index (χ2n) is 4.30. The Hall–Kier alpha value is 0.00688. The molecule has 0 saturated carbocycles. The standard InChI is InChI=1S/C12H29NO5SSi/c1-5-9-11-19(14,15)13-10-12-20(16-6-2,17-7-3)18-8-4/h13H,5-12H2,1-4H3. The third-order valence-corrected chi connectivity index (χ3v) is 7.13. The molecule has 6 nitrogen and oxygen atoms in total. The van der Waals surface area contributed by atoms with Gasteiger partial charge in [0.05, 0.1) is 5.75 Å². The zero-order valence-electron chi connectivity index (χ0n) is 13.1. The van der Waals surface area contributed by atoms with Crippen molar-refractivity contribution in [3.8, 4) is 0 Å². The van der Waals surface area contributed by atoms with Crippen LogP contribution in [-0.2, 0) is 23.3 Å². The Labute approximate surface area is 124 Å². The molecule has 0 spiro atoms. The molecule has 0 atom stereocenters. The Morgan fingerprint density at radius 3 is 1.85 bits per heavy atom. The van der Waals surface area contributed by atoms with E-state index in [0.717, 1.165) is 6.42 Å². The van der Waals surface area contributed by atoms with Crippen LogP contribution in [-0.4, -0.2) is 49.3 Å². The van der Waals surface area contributed by atoms with Crippen LogP contribution in [0.25, 0.3) is 0 Å². The van der Waals surface area contributed by atoms with E-state index in [1.165, 1.54) is 0 Å². The minimum atomic E-state index is -3.21. The first-order valence-electron chi connectivity index (χ1n) is 7.34. The molecule has 0 saturated heterocycles. The third-order valence-electron chi connectivity index (χ3n) is 2.61. The van der Waals surface area contributed by atoms with Gasteiger partial charge in [-0.15, -0.1) is 0 Å². The van der Waals surface area contributed by atoms with E-state index in [1.807, 2.05) is 27.7 Å². The zero-order chi connectivity index (χ0) is 15.5. The smallest absolute Gasteiger partial charge is 0.374 e. The quantitative estimate of drug-likeness (QED) is 0.522. The van der Waals surface area contributed by atoms with Crippen LogP contribution in [0.3, 0.4) is 0 Å². The molecule has 0 unspecified atom stereocenters. The maximum atomic E-state index is 11.7. The van der Waals surface area contributed by atoms with Gasteiger partial charge in [0, 0.05) is 32.4 Å². The summed E-state index contributed by atoms with van der Waals surface area (Å²) in [7, 11) is -5.96. The van der Waals surface area contributed by atoms with Crippen molar-refractivity contribution >= 4 is 18.8 Å². The first-order chi connectivity index (χ1) is 9.45. The summed E-state index contributed by atoms with van der Waals surface area (Å²) in [5, 5.41) is 0. The Morgan fingerprint density at radius 2 is 1.45 bits per heavy atom. The molecule has 0 aliphatic carbocycles. The van der Waals surface area contributed by atoms with Crippen molar-refractivity contribution in [2.24, 2.45) is 0 Å². The average Bonchev–Trinajstić information content (AvgIpc) is 2.37. The summed E-state index contributed by atoms with van der Waals surface area (Å²) in [6, 6.07) is 0.452. The van der Waals surface area contributed by atoms with E-state index in [4.69, 9.17) is 13.3 Å².